The van der Waals surface area contributed by atoms with Crippen molar-refractivity contribution in [3.05, 3.63) is 0 Å². The Morgan fingerprint density at radius 3 is 1.89 bits per heavy atom. The van der Waals surface area contributed by atoms with Crippen LogP contribution < -0.4 is 5.14 Å². The molecule has 0 spiro atoms. The van der Waals surface area contributed by atoms with Gasteiger partial charge >= 0.3 is 0 Å². The van der Waals surface area contributed by atoms with Crippen LogP contribution >= 0.6 is 0 Å². The monoisotopic (exact) mass is 148 g/mol. The van der Waals surface area contributed by atoms with Gasteiger partial charge in [-0.05, 0) is 13.8 Å². The lowest BCUT2D eigenvalue weighted by molar-refractivity contribution is 0.576. The van der Waals surface area contributed by atoms with Gasteiger partial charge in [-0.2, -0.15) is 5.26 Å². The predicted molar refractivity (Wildman–Crippen MR) is 32.8 cm³/mol. The van der Waals surface area contributed by atoms with Gasteiger partial charge in [-0.15, -0.1) is 0 Å². The molecule has 5 heteroatoms. The lowest BCUT2D eigenvalue weighted by Crippen LogP contribution is -2.35. The first-order valence-corrected chi connectivity index (χ1v) is 3.79. The molecular formula is C4H8N2O2S. The SMILES string of the molecule is CC(C)(C#N)S(N)(=O)=O. The van der Waals surface area contributed by atoms with Crippen LogP contribution in [-0.4, -0.2) is 13.2 Å². The first-order valence-electron chi connectivity index (χ1n) is 2.25. The van der Waals surface area contributed by atoms with Crippen LogP contribution in [0.25, 0.3) is 0 Å². The maximum absolute atomic E-state index is 10.4. The number of nitrogens with zero attached hydrogens (tertiary/aromatic N) is 1. The molecule has 4 nitrogen and oxygen atoms in total. The van der Waals surface area contributed by atoms with Crippen molar-refractivity contribution in [3.63, 3.8) is 0 Å². The van der Waals surface area contributed by atoms with Crippen molar-refractivity contribution in [1.82, 2.24) is 0 Å². The number of hydrogen-bond acceptors (Lipinski definition) is 3. The topological polar surface area (TPSA) is 83.9 Å². The zero-order chi connectivity index (χ0) is 7.71. The van der Waals surface area contributed by atoms with Crippen molar-refractivity contribution in [2.45, 2.75) is 18.6 Å². The summed E-state index contributed by atoms with van der Waals surface area (Å²) < 4.78 is 19.4. The lowest BCUT2D eigenvalue weighted by atomic mass is 10.2. The zero-order valence-electron chi connectivity index (χ0n) is 5.25. The molecule has 0 bridgehead atoms. The molecule has 0 fully saturated rings. The van der Waals surface area contributed by atoms with E-state index in [4.69, 9.17) is 5.26 Å². The molecule has 0 radical (unpaired) electrons. The molecule has 0 aromatic rings. The minimum atomic E-state index is -3.71. The molecule has 0 amide bonds. The van der Waals surface area contributed by atoms with E-state index in [1.54, 1.807) is 6.07 Å². The molecule has 0 atom stereocenters. The Labute approximate surface area is 54.3 Å². The van der Waals surface area contributed by atoms with E-state index in [2.05, 4.69) is 5.14 Å². The number of nitriles is 1. The van der Waals surface area contributed by atoms with Crippen molar-refractivity contribution < 1.29 is 8.42 Å². The van der Waals surface area contributed by atoms with Crippen LogP contribution in [-0.2, 0) is 10.0 Å². The van der Waals surface area contributed by atoms with Gasteiger partial charge in [-0.25, -0.2) is 13.6 Å². The maximum atomic E-state index is 10.4. The molecular weight excluding hydrogens is 140 g/mol. The highest BCUT2D eigenvalue weighted by atomic mass is 32.2. The standard InChI is InChI=1S/C4H8N2O2S/c1-4(2,3-5)9(6,7)8/h1-2H3,(H2,6,7,8). The number of primary sulfonamides is 1. The van der Waals surface area contributed by atoms with E-state index in [1.807, 2.05) is 0 Å². The lowest BCUT2D eigenvalue weighted by Gasteiger charge is -2.09. The van der Waals surface area contributed by atoms with Gasteiger partial charge in [0.15, 0.2) is 4.75 Å². The largest absolute Gasteiger partial charge is 0.227 e. The summed E-state index contributed by atoms with van der Waals surface area (Å²) in [5.41, 5.74) is 0. The fourth-order valence-electron chi connectivity index (χ4n) is 0.0636. The summed E-state index contributed by atoms with van der Waals surface area (Å²) in [5.74, 6) is 0. The second-order valence-electron chi connectivity index (χ2n) is 2.17. The van der Waals surface area contributed by atoms with Gasteiger partial charge in [0, 0.05) is 0 Å². The first-order chi connectivity index (χ1) is 3.81. The maximum Gasteiger partial charge on any atom is 0.227 e. The number of nitrogens with two attached hydrogens (primary N) is 1. The average molecular weight is 148 g/mol. The van der Waals surface area contributed by atoms with Crippen LogP contribution in [0.4, 0.5) is 0 Å². The smallest absolute Gasteiger partial charge is 0.227 e. The number of sulfonamides is 1. The zero-order valence-corrected chi connectivity index (χ0v) is 6.07. The highest BCUT2D eigenvalue weighted by Gasteiger charge is 2.30. The Morgan fingerprint density at radius 1 is 1.56 bits per heavy atom. The summed E-state index contributed by atoms with van der Waals surface area (Å²) in [5, 5.41) is 12.9. The Balaban J connectivity index is 4.85. The van der Waals surface area contributed by atoms with E-state index in [9.17, 15) is 8.42 Å². The van der Waals surface area contributed by atoms with Gasteiger partial charge < -0.3 is 0 Å². The first kappa shape index (κ1) is 8.40. The van der Waals surface area contributed by atoms with Crippen LogP contribution in [0.2, 0.25) is 0 Å². The quantitative estimate of drug-likeness (QED) is 0.548. The number of hydrogen-bond donors (Lipinski definition) is 1. The summed E-state index contributed by atoms with van der Waals surface area (Å²) >= 11 is 0. The molecule has 0 aromatic carbocycles. The summed E-state index contributed by atoms with van der Waals surface area (Å²) in [6.45, 7) is 2.50. The van der Waals surface area contributed by atoms with Gasteiger partial charge in [0.25, 0.3) is 0 Å². The second kappa shape index (κ2) is 1.97. The molecule has 0 saturated carbocycles. The Hall–Kier alpha value is -0.600. The van der Waals surface area contributed by atoms with E-state index in [0.29, 0.717) is 0 Å². The van der Waals surface area contributed by atoms with E-state index in [1.165, 1.54) is 13.8 Å². The highest BCUT2D eigenvalue weighted by Crippen LogP contribution is 2.09. The van der Waals surface area contributed by atoms with Crippen molar-refractivity contribution >= 4 is 10.0 Å². The molecule has 0 aliphatic carbocycles. The van der Waals surface area contributed by atoms with E-state index >= 15 is 0 Å². The summed E-state index contributed by atoms with van der Waals surface area (Å²) in [6.07, 6.45) is 0. The molecule has 52 valence electrons. The van der Waals surface area contributed by atoms with Gasteiger partial charge in [0.2, 0.25) is 10.0 Å². The third kappa shape index (κ3) is 1.66. The van der Waals surface area contributed by atoms with Crippen LogP contribution in [0.5, 0.6) is 0 Å². The minimum absolute atomic E-state index is 1.25. The molecule has 0 aliphatic rings. The molecule has 0 aromatic heterocycles. The van der Waals surface area contributed by atoms with Crippen molar-refractivity contribution in [2.75, 3.05) is 0 Å². The van der Waals surface area contributed by atoms with E-state index in [0.717, 1.165) is 0 Å². The van der Waals surface area contributed by atoms with Crippen molar-refractivity contribution in [3.8, 4) is 6.07 Å². The molecule has 0 saturated heterocycles. The van der Waals surface area contributed by atoms with Gasteiger partial charge in [-0.3, -0.25) is 0 Å². The summed E-state index contributed by atoms with van der Waals surface area (Å²) in [4.78, 5) is 0. The van der Waals surface area contributed by atoms with Crippen LogP contribution in [0, 0.1) is 11.3 Å². The van der Waals surface area contributed by atoms with E-state index in [-0.39, 0.29) is 0 Å². The van der Waals surface area contributed by atoms with Gasteiger partial charge in [-0.1, -0.05) is 0 Å². The Morgan fingerprint density at radius 2 is 1.89 bits per heavy atom. The molecule has 9 heavy (non-hydrogen) atoms. The molecule has 2 N–H and O–H groups in total. The normalized spacial score (nSPS) is 12.7. The third-order valence-corrected chi connectivity index (χ3v) is 2.49. The number of rotatable bonds is 1. The highest BCUT2D eigenvalue weighted by molar-refractivity contribution is 7.90. The van der Waals surface area contributed by atoms with Crippen molar-refractivity contribution in [2.24, 2.45) is 5.14 Å². The molecule has 0 aliphatic heterocycles. The fourth-order valence-corrected chi connectivity index (χ4v) is 0.191. The fraction of sp³-hybridized carbons (Fsp3) is 0.750. The van der Waals surface area contributed by atoms with Crippen LogP contribution in [0.15, 0.2) is 0 Å². The molecule has 0 rings (SSSR count). The average Bonchev–Trinajstić information content (AvgIpc) is 1.64. The Kier molecular flexibility index (Phi) is 1.84. The van der Waals surface area contributed by atoms with Crippen molar-refractivity contribution in [1.29, 1.82) is 5.26 Å². The predicted octanol–water partition coefficient (Wildman–Crippen LogP) is -0.423. The second-order valence-corrected chi connectivity index (χ2v) is 4.28. The minimum Gasteiger partial charge on any atom is -0.227 e. The third-order valence-electron chi connectivity index (χ3n) is 0.981. The summed E-state index contributed by atoms with van der Waals surface area (Å²) in [6, 6.07) is 1.57. The van der Waals surface area contributed by atoms with Gasteiger partial charge in [0.1, 0.15) is 0 Å². The molecule has 0 unspecified atom stereocenters. The molecule has 0 heterocycles. The summed E-state index contributed by atoms with van der Waals surface area (Å²) in [7, 11) is -3.71. The van der Waals surface area contributed by atoms with E-state index < -0.39 is 14.8 Å². The van der Waals surface area contributed by atoms with Gasteiger partial charge in [0.05, 0.1) is 6.07 Å². The Bertz CT molecular complexity index is 234. The van der Waals surface area contributed by atoms with Crippen LogP contribution in [0.1, 0.15) is 13.8 Å². The van der Waals surface area contributed by atoms with Crippen LogP contribution in [0.3, 0.4) is 0 Å².